The molecule has 0 unspecified atom stereocenters. The maximum Gasteiger partial charge on any atom is 0.356 e. The molecule has 5 heteroatoms. The van der Waals surface area contributed by atoms with Crippen molar-refractivity contribution in [3.8, 4) is 12.3 Å². The number of ether oxygens (including phenoxy) is 1. The van der Waals surface area contributed by atoms with Gasteiger partial charge >= 0.3 is 5.97 Å². The lowest BCUT2D eigenvalue weighted by atomic mass is 10.3. The van der Waals surface area contributed by atoms with Crippen molar-refractivity contribution in [2.24, 2.45) is 0 Å². The molecule has 16 heavy (non-hydrogen) atoms. The fraction of sp³-hybridized carbons (Fsp3) is 0.364. The fourth-order valence-electron chi connectivity index (χ4n) is 1.12. The molecule has 0 saturated carbocycles. The molecule has 0 radical (unpaired) electrons. The van der Waals surface area contributed by atoms with Crippen molar-refractivity contribution in [2.45, 2.75) is 6.42 Å². The number of hydrogen-bond acceptors (Lipinski definition) is 5. The molecule has 1 heterocycles. The van der Waals surface area contributed by atoms with Crippen LogP contribution in [0.1, 0.15) is 16.9 Å². The van der Waals surface area contributed by atoms with Gasteiger partial charge < -0.3 is 9.64 Å². The van der Waals surface area contributed by atoms with Gasteiger partial charge in [-0.05, 0) is 0 Å². The number of carbonyl (C=O) groups is 1. The number of esters is 1. The second-order valence-corrected chi connectivity index (χ2v) is 3.13. The molecule has 5 nitrogen and oxygen atoms in total. The lowest BCUT2D eigenvalue weighted by Crippen LogP contribution is -2.20. The van der Waals surface area contributed by atoms with Crippen LogP contribution in [0.25, 0.3) is 0 Å². The second-order valence-electron chi connectivity index (χ2n) is 3.13. The third-order valence-corrected chi connectivity index (χ3v) is 2.03. The van der Waals surface area contributed by atoms with E-state index in [1.807, 2.05) is 11.9 Å². The molecule has 0 aliphatic heterocycles. The molecule has 0 spiro atoms. The Balaban J connectivity index is 2.82. The van der Waals surface area contributed by atoms with Gasteiger partial charge in [0.2, 0.25) is 0 Å². The van der Waals surface area contributed by atoms with Gasteiger partial charge in [-0.2, -0.15) is 0 Å². The number of nitrogens with zero attached hydrogens (tertiary/aromatic N) is 3. The van der Waals surface area contributed by atoms with E-state index < -0.39 is 5.97 Å². The summed E-state index contributed by atoms with van der Waals surface area (Å²) in [7, 11) is 3.16. The van der Waals surface area contributed by atoms with Crippen LogP contribution in [0.5, 0.6) is 0 Å². The summed E-state index contributed by atoms with van der Waals surface area (Å²) in [4.78, 5) is 21.0. The van der Waals surface area contributed by atoms with Crippen LogP contribution in [0.15, 0.2) is 12.4 Å². The van der Waals surface area contributed by atoms with Crippen molar-refractivity contribution in [1.82, 2.24) is 9.97 Å². The highest BCUT2D eigenvalue weighted by molar-refractivity contribution is 5.87. The zero-order valence-corrected chi connectivity index (χ0v) is 9.30. The number of anilines is 1. The Morgan fingerprint density at radius 3 is 3.00 bits per heavy atom. The Morgan fingerprint density at radius 2 is 2.38 bits per heavy atom. The number of terminal acetylenes is 1. The smallest absolute Gasteiger partial charge is 0.356 e. The van der Waals surface area contributed by atoms with Gasteiger partial charge in [-0.25, -0.2) is 14.8 Å². The summed E-state index contributed by atoms with van der Waals surface area (Å²) in [5.41, 5.74) is 0.236. The summed E-state index contributed by atoms with van der Waals surface area (Å²) < 4.78 is 4.57. The van der Waals surface area contributed by atoms with Gasteiger partial charge in [-0.3, -0.25) is 0 Å². The fourth-order valence-corrected chi connectivity index (χ4v) is 1.12. The first-order valence-electron chi connectivity index (χ1n) is 4.74. The van der Waals surface area contributed by atoms with Gasteiger partial charge in [0.25, 0.3) is 0 Å². The molecule has 1 aromatic rings. The highest BCUT2D eigenvalue weighted by Crippen LogP contribution is 2.09. The molecule has 0 saturated heterocycles. The maximum absolute atomic E-state index is 11.2. The average Bonchev–Trinajstić information content (AvgIpc) is 2.35. The summed E-state index contributed by atoms with van der Waals surface area (Å²) in [5.74, 6) is 2.71. The highest BCUT2D eigenvalue weighted by Gasteiger charge is 2.10. The molecule has 0 aliphatic rings. The molecule has 0 fully saturated rings. The minimum absolute atomic E-state index is 0.236. The average molecular weight is 219 g/mol. The van der Waals surface area contributed by atoms with Crippen LogP contribution in [0, 0.1) is 12.3 Å². The molecular weight excluding hydrogens is 206 g/mol. The van der Waals surface area contributed by atoms with Gasteiger partial charge in [-0.15, -0.1) is 12.3 Å². The van der Waals surface area contributed by atoms with Gasteiger partial charge in [0, 0.05) is 26.1 Å². The zero-order valence-electron chi connectivity index (χ0n) is 9.30. The van der Waals surface area contributed by atoms with Gasteiger partial charge in [-0.1, -0.05) is 0 Å². The first kappa shape index (κ1) is 12.0. The zero-order chi connectivity index (χ0) is 12.0. The van der Waals surface area contributed by atoms with Crippen LogP contribution in [-0.2, 0) is 4.74 Å². The maximum atomic E-state index is 11.2. The van der Waals surface area contributed by atoms with Crippen LogP contribution in [-0.4, -0.2) is 36.6 Å². The molecule has 0 atom stereocenters. The monoisotopic (exact) mass is 219 g/mol. The van der Waals surface area contributed by atoms with Crippen molar-refractivity contribution in [2.75, 3.05) is 25.6 Å². The van der Waals surface area contributed by atoms with Crippen LogP contribution in [0.4, 0.5) is 5.82 Å². The van der Waals surface area contributed by atoms with E-state index in [0.717, 1.165) is 0 Å². The third kappa shape index (κ3) is 2.95. The predicted molar refractivity (Wildman–Crippen MR) is 60.1 cm³/mol. The minimum Gasteiger partial charge on any atom is -0.464 e. The number of carbonyl (C=O) groups excluding carboxylic acids is 1. The van der Waals surface area contributed by atoms with E-state index in [4.69, 9.17) is 6.42 Å². The molecule has 0 amide bonds. The largest absolute Gasteiger partial charge is 0.464 e. The van der Waals surface area contributed by atoms with Crippen molar-refractivity contribution in [3.63, 3.8) is 0 Å². The van der Waals surface area contributed by atoms with Crippen LogP contribution >= 0.6 is 0 Å². The Morgan fingerprint density at radius 1 is 1.62 bits per heavy atom. The Kier molecular flexibility index (Phi) is 4.28. The Bertz CT molecular complexity index is 412. The van der Waals surface area contributed by atoms with E-state index in [2.05, 4.69) is 20.6 Å². The molecule has 1 aromatic heterocycles. The standard InChI is InChI=1S/C11H13N3O2/c1-4-5-6-14(2)10-7-9(11(15)16-3)12-8-13-10/h1,7-8H,5-6H2,2-3H3. The molecule has 0 N–H and O–H groups in total. The molecule has 0 bridgehead atoms. The number of hydrogen-bond donors (Lipinski definition) is 0. The lowest BCUT2D eigenvalue weighted by Gasteiger charge is -2.16. The van der Waals surface area contributed by atoms with Gasteiger partial charge in [0.15, 0.2) is 5.69 Å². The number of rotatable bonds is 4. The predicted octanol–water partition coefficient (Wildman–Crippen LogP) is 0.723. The first-order chi connectivity index (χ1) is 7.69. The van der Waals surface area contributed by atoms with Crippen molar-refractivity contribution in [3.05, 3.63) is 18.1 Å². The van der Waals surface area contributed by atoms with E-state index in [0.29, 0.717) is 18.8 Å². The van der Waals surface area contributed by atoms with E-state index >= 15 is 0 Å². The second kappa shape index (κ2) is 5.71. The lowest BCUT2D eigenvalue weighted by molar-refractivity contribution is 0.0594. The first-order valence-corrected chi connectivity index (χ1v) is 4.74. The van der Waals surface area contributed by atoms with Crippen LogP contribution in [0.3, 0.4) is 0 Å². The van der Waals surface area contributed by atoms with E-state index in [-0.39, 0.29) is 5.69 Å². The highest BCUT2D eigenvalue weighted by atomic mass is 16.5. The Labute approximate surface area is 94.5 Å². The number of methoxy groups -OCH3 is 1. The quantitative estimate of drug-likeness (QED) is 0.551. The Hall–Kier alpha value is -2.09. The summed E-state index contributed by atoms with van der Waals surface area (Å²) >= 11 is 0. The molecule has 1 rings (SSSR count). The van der Waals surface area contributed by atoms with Crippen molar-refractivity contribution >= 4 is 11.8 Å². The summed E-state index contributed by atoms with van der Waals surface area (Å²) in [6, 6.07) is 1.57. The van der Waals surface area contributed by atoms with E-state index in [1.165, 1.54) is 13.4 Å². The van der Waals surface area contributed by atoms with Gasteiger partial charge in [0.05, 0.1) is 7.11 Å². The van der Waals surface area contributed by atoms with Crippen molar-refractivity contribution in [1.29, 1.82) is 0 Å². The van der Waals surface area contributed by atoms with Crippen molar-refractivity contribution < 1.29 is 9.53 Å². The molecule has 0 aliphatic carbocycles. The minimum atomic E-state index is -0.478. The molecule has 0 aromatic carbocycles. The summed E-state index contributed by atoms with van der Waals surface area (Å²) in [5, 5.41) is 0. The van der Waals surface area contributed by atoms with E-state index in [9.17, 15) is 4.79 Å². The topological polar surface area (TPSA) is 55.3 Å². The van der Waals surface area contributed by atoms with E-state index in [1.54, 1.807) is 6.07 Å². The summed E-state index contributed by atoms with van der Waals surface area (Å²) in [6.07, 6.45) is 7.12. The molecular formula is C11H13N3O2. The summed E-state index contributed by atoms with van der Waals surface area (Å²) in [6.45, 7) is 0.675. The molecule has 84 valence electrons. The number of aromatic nitrogens is 2. The normalized spacial score (nSPS) is 9.31. The van der Waals surface area contributed by atoms with Crippen LogP contribution in [0.2, 0.25) is 0 Å². The third-order valence-electron chi connectivity index (χ3n) is 2.03. The van der Waals surface area contributed by atoms with Gasteiger partial charge in [0.1, 0.15) is 12.1 Å². The van der Waals surface area contributed by atoms with Crippen LogP contribution < -0.4 is 4.90 Å². The SMILES string of the molecule is C#CCCN(C)c1cc(C(=O)OC)ncn1.